The lowest BCUT2D eigenvalue weighted by Gasteiger charge is -2.18. The standard InChI is InChI=1S/C15H16N4O2S/c1-9-5-3-4-6-12(9)19-8-11(7-13(19)21)14-17-18-15(22-14)16-10(2)20/h3-6,11H,7-8H2,1-2H3,(H,16,18,20)/t11-/m0/s1. The average molecular weight is 316 g/mol. The van der Waals surface area contributed by atoms with Crippen LogP contribution in [0.4, 0.5) is 10.8 Å². The van der Waals surface area contributed by atoms with E-state index in [1.807, 2.05) is 31.2 Å². The highest BCUT2D eigenvalue weighted by Gasteiger charge is 2.34. The van der Waals surface area contributed by atoms with Crippen molar-refractivity contribution in [2.45, 2.75) is 26.2 Å². The minimum absolute atomic E-state index is 0.0205. The Bertz CT molecular complexity index is 728. The van der Waals surface area contributed by atoms with Gasteiger partial charge in [-0.2, -0.15) is 0 Å². The zero-order chi connectivity index (χ0) is 15.7. The summed E-state index contributed by atoms with van der Waals surface area (Å²) in [4.78, 5) is 25.1. The van der Waals surface area contributed by atoms with Crippen LogP contribution >= 0.6 is 11.3 Å². The van der Waals surface area contributed by atoms with Crippen molar-refractivity contribution in [2.24, 2.45) is 0 Å². The minimum Gasteiger partial charge on any atom is -0.311 e. The van der Waals surface area contributed by atoms with Crippen molar-refractivity contribution in [3.05, 3.63) is 34.8 Å². The first-order valence-corrected chi connectivity index (χ1v) is 7.83. The number of hydrogen-bond acceptors (Lipinski definition) is 5. The number of carbonyl (C=O) groups excluding carboxylic acids is 2. The van der Waals surface area contributed by atoms with E-state index in [1.165, 1.54) is 18.3 Å². The molecule has 1 aromatic carbocycles. The number of rotatable bonds is 3. The van der Waals surface area contributed by atoms with Gasteiger partial charge >= 0.3 is 0 Å². The van der Waals surface area contributed by atoms with E-state index in [0.717, 1.165) is 16.3 Å². The number of amides is 2. The van der Waals surface area contributed by atoms with E-state index in [0.29, 0.717) is 18.1 Å². The predicted molar refractivity (Wildman–Crippen MR) is 85.1 cm³/mol. The summed E-state index contributed by atoms with van der Waals surface area (Å²) in [5.74, 6) is -0.0607. The van der Waals surface area contributed by atoms with Crippen molar-refractivity contribution in [1.82, 2.24) is 10.2 Å². The van der Waals surface area contributed by atoms with Crippen LogP contribution in [0.3, 0.4) is 0 Å². The van der Waals surface area contributed by atoms with E-state index < -0.39 is 0 Å². The lowest BCUT2D eigenvalue weighted by atomic mass is 10.1. The third kappa shape index (κ3) is 2.85. The minimum atomic E-state index is -0.174. The third-order valence-corrected chi connectivity index (χ3v) is 4.61. The molecule has 6 nitrogen and oxygen atoms in total. The highest BCUT2D eigenvalue weighted by atomic mass is 32.1. The van der Waals surface area contributed by atoms with Gasteiger partial charge in [0.25, 0.3) is 0 Å². The van der Waals surface area contributed by atoms with E-state index in [4.69, 9.17) is 0 Å². The molecule has 1 atom stereocenters. The van der Waals surface area contributed by atoms with Crippen LogP contribution in [-0.4, -0.2) is 28.6 Å². The molecule has 2 heterocycles. The number of benzene rings is 1. The van der Waals surface area contributed by atoms with E-state index in [1.54, 1.807) is 4.90 Å². The zero-order valence-corrected chi connectivity index (χ0v) is 13.2. The van der Waals surface area contributed by atoms with E-state index in [2.05, 4.69) is 15.5 Å². The molecule has 0 bridgehead atoms. The van der Waals surface area contributed by atoms with Crippen LogP contribution in [0, 0.1) is 6.92 Å². The summed E-state index contributed by atoms with van der Waals surface area (Å²) in [5, 5.41) is 11.9. The van der Waals surface area contributed by atoms with E-state index in [-0.39, 0.29) is 17.7 Å². The van der Waals surface area contributed by atoms with Crippen molar-refractivity contribution < 1.29 is 9.59 Å². The van der Waals surface area contributed by atoms with Crippen LogP contribution in [0.5, 0.6) is 0 Å². The van der Waals surface area contributed by atoms with Gasteiger partial charge in [0.15, 0.2) is 0 Å². The molecular weight excluding hydrogens is 300 g/mol. The topological polar surface area (TPSA) is 75.2 Å². The number of hydrogen-bond donors (Lipinski definition) is 1. The number of aryl methyl sites for hydroxylation is 1. The van der Waals surface area contributed by atoms with Crippen LogP contribution in [0.1, 0.15) is 29.8 Å². The van der Waals surface area contributed by atoms with Crippen LogP contribution in [0.15, 0.2) is 24.3 Å². The Balaban J connectivity index is 1.78. The summed E-state index contributed by atoms with van der Waals surface area (Å²) in [7, 11) is 0. The molecule has 1 aromatic heterocycles. The molecule has 1 aliphatic rings. The molecule has 0 aliphatic carbocycles. The summed E-state index contributed by atoms with van der Waals surface area (Å²) >= 11 is 1.33. The van der Waals surface area contributed by atoms with Gasteiger partial charge in [-0.05, 0) is 18.6 Å². The summed E-state index contributed by atoms with van der Waals surface area (Å²) in [6, 6.07) is 7.85. The molecule has 7 heteroatoms. The first kappa shape index (κ1) is 14.6. The molecule has 1 aliphatic heterocycles. The number of aromatic nitrogens is 2. The molecule has 0 saturated carbocycles. The van der Waals surface area contributed by atoms with Gasteiger partial charge in [0.1, 0.15) is 5.01 Å². The van der Waals surface area contributed by atoms with Gasteiger partial charge in [-0.3, -0.25) is 9.59 Å². The fraction of sp³-hybridized carbons (Fsp3) is 0.333. The molecule has 2 amide bonds. The molecule has 1 N–H and O–H groups in total. The monoisotopic (exact) mass is 316 g/mol. The maximum absolute atomic E-state index is 12.3. The van der Waals surface area contributed by atoms with Crippen LogP contribution in [-0.2, 0) is 9.59 Å². The normalized spacial score (nSPS) is 17.8. The molecule has 1 fully saturated rings. The second kappa shape index (κ2) is 5.84. The quantitative estimate of drug-likeness (QED) is 0.943. The molecule has 1 saturated heterocycles. The van der Waals surface area contributed by atoms with Crippen molar-refractivity contribution in [2.75, 3.05) is 16.8 Å². The Morgan fingerprint density at radius 1 is 1.36 bits per heavy atom. The van der Waals surface area contributed by atoms with Crippen molar-refractivity contribution in [1.29, 1.82) is 0 Å². The highest BCUT2D eigenvalue weighted by Crippen LogP contribution is 2.35. The van der Waals surface area contributed by atoms with Gasteiger partial charge in [0.05, 0.1) is 0 Å². The molecule has 3 rings (SSSR count). The fourth-order valence-corrected chi connectivity index (χ4v) is 3.45. The Labute approximate surface area is 132 Å². The second-order valence-electron chi connectivity index (χ2n) is 5.32. The summed E-state index contributed by atoms with van der Waals surface area (Å²) in [6.45, 7) is 4.02. The van der Waals surface area contributed by atoms with Crippen LogP contribution < -0.4 is 10.2 Å². The number of anilines is 2. The smallest absolute Gasteiger partial charge is 0.227 e. The van der Waals surface area contributed by atoms with Gasteiger partial charge in [-0.25, -0.2) is 0 Å². The van der Waals surface area contributed by atoms with Gasteiger partial charge in [0.2, 0.25) is 16.9 Å². The third-order valence-electron chi connectivity index (χ3n) is 3.60. The SMILES string of the molecule is CC(=O)Nc1nnc([C@H]2CC(=O)N(c3ccccc3C)C2)s1. The lowest BCUT2D eigenvalue weighted by molar-refractivity contribution is -0.117. The summed E-state index contributed by atoms with van der Waals surface area (Å²) < 4.78 is 0. The zero-order valence-electron chi connectivity index (χ0n) is 12.4. The van der Waals surface area contributed by atoms with E-state index >= 15 is 0 Å². The van der Waals surface area contributed by atoms with Crippen molar-refractivity contribution >= 4 is 34.0 Å². The molecule has 0 spiro atoms. The molecule has 114 valence electrons. The predicted octanol–water partition coefficient (Wildman–Crippen LogP) is 2.33. The Morgan fingerprint density at radius 2 is 2.14 bits per heavy atom. The number of para-hydroxylation sites is 1. The average Bonchev–Trinajstić information content (AvgIpc) is 3.06. The van der Waals surface area contributed by atoms with Gasteiger partial charge in [0, 0.05) is 31.5 Å². The maximum atomic E-state index is 12.3. The van der Waals surface area contributed by atoms with Crippen LogP contribution in [0.25, 0.3) is 0 Å². The Kier molecular flexibility index (Phi) is 3.89. The largest absolute Gasteiger partial charge is 0.311 e. The van der Waals surface area contributed by atoms with Gasteiger partial charge in [-0.15, -0.1) is 10.2 Å². The maximum Gasteiger partial charge on any atom is 0.227 e. The molecule has 0 radical (unpaired) electrons. The summed E-state index contributed by atoms with van der Waals surface area (Å²) in [6.07, 6.45) is 0.420. The number of nitrogens with one attached hydrogen (secondary N) is 1. The van der Waals surface area contributed by atoms with Crippen LogP contribution in [0.2, 0.25) is 0 Å². The first-order valence-electron chi connectivity index (χ1n) is 7.01. The lowest BCUT2D eigenvalue weighted by Crippen LogP contribution is -2.25. The molecule has 0 unspecified atom stereocenters. The summed E-state index contributed by atoms with van der Waals surface area (Å²) in [5.41, 5.74) is 2.02. The molecule has 2 aromatic rings. The Morgan fingerprint density at radius 3 is 2.86 bits per heavy atom. The second-order valence-corrected chi connectivity index (χ2v) is 6.33. The van der Waals surface area contributed by atoms with E-state index in [9.17, 15) is 9.59 Å². The van der Waals surface area contributed by atoms with Gasteiger partial charge < -0.3 is 10.2 Å². The van der Waals surface area contributed by atoms with Crippen molar-refractivity contribution in [3.63, 3.8) is 0 Å². The van der Waals surface area contributed by atoms with Crippen molar-refractivity contribution in [3.8, 4) is 0 Å². The highest BCUT2D eigenvalue weighted by molar-refractivity contribution is 7.15. The molecule has 22 heavy (non-hydrogen) atoms. The fourth-order valence-electron chi connectivity index (χ4n) is 2.57. The first-order chi connectivity index (χ1) is 10.5. The van der Waals surface area contributed by atoms with Gasteiger partial charge in [-0.1, -0.05) is 29.5 Å². The molecular formula is C15H16N4O2S. The Hall–Kier alpha value is -2.28. The number of nitrogens with zero attached hydrogens (tertiary/aromatic N) is 3. The number of carbonyl (C=O) groups is 2.